The molecule has 6 nitrogen and oxygen atoms in total. The molecule has 1 aromatic heterocycles. The highest BCUT2D eigenvalue weighted by molar-refractivity contribution is 7.99. The van der Waals surface area contributed by atoms with Gasteiger partial charge in [-0.25, -0.2) is 4.98 Å². The number of nitrogens with one attached hydrogen (secondary N) is 1. The summed E-state index contributed by atoms with van der Waals surface area (Å²) in [4.78, 5) is 29.7. The van der Waals surface area contributed by atoms with Crippen molar-refractivity contribution < 1.29 is 9.53 Å². The Hall–Kier alpha value is -1.86. The van der Waals surface area contributed by atoms with Gasteiger partial charge in [-0.3, -0.25) is 14.2 Å². The van der Waals surface area contributed by atoms with Crippen molar-refractivity contribution in [2.24, 2.45) is 0 Å². The van der Waals surface area contributed by atoms with Crippen molar-refractivity contribution in [2.75, 3.05) is 12.4 Å². The SMILES string of the molecule is CCC(C)NC(=O)CSc1nc2ccccc2c(=O)n1CCCOC(C)C. The maximum absolute atomic E-state index is 12.9. The molecular formula is C20H29N3O3S. The van der Waals surface area contributed by atoms with E-state index in [0.717, 1.165) is 6.42 Å². The molecule has 1 aromatic carbocycles. The first-order valence-corrected chi connectivity index (χ1v) is 10.4. The van der Waals surface area contributed by atoms with Crippen molar-refractivity contribution >= 4 is 28.6 Å². The third-order valence-corrected chi connectivity index (χ3v) is 5.13. The maximum Gasteiger partial charge on any atom is 0.262 e. The molecule has 1 N–H and O–H groups in total. The Labute approximate surface area is 164 Å². The van der Waals surface area contributed by atoms with Crippen LogP contribution in [0.15, 0.2) is 34.2 Å². The van der Waals surface area contributed by atoms with Crippen molar-refractivity contribution in [3.63, 3.8) is 0 Å². The molecule has 2 rings (SSSR count). The lowest BCUT2D eigenvalue weighted by molar-refractivity contribution is -0.119. The van der Waals surface area contributed by atoms with Crippen LogP contribution in [0, 0.1) is 0 Å². The van der Waals surface area contributed by atoms with Gasteiger partial charge in [-0.15, -0.1) is 0 Å². The fourth-order valence-corrected chi connectivity index (χ4v) is 3.38. The number of hydrogen-bond donors (Lipinski definition) is 1. The summed E-state index contributed by atoms with van der Waals surface area (Å²) in [6.45, 7) is 9.07. The van der Waals surface area contributed by atoms with E-state index in [-0.39, 0.29) is 29.4 Å². The minimum absolute atomic E-state index is 0.0496. The highest BCUT2D eigenvalue weighted by atomic mass is 32.2. The first-order valence-electron chi connectivity index (χ1n) is 9.45. The largest absolute Gasteiger partial charge is 0.379 e. The summed E-state index contributed by atoms with van der Waals surface area (Å²) in [5.74, 6) is 0.184. The van der Waals surface area contributed by atoms with E-state index in [0.29, 0.717) is 35.6 Å². The van der Waals surface area contributed by atoms with E-state index in [2.05, 4.69) is 10.3 Å². The number of carbonyl (C=O) groups is 1. The van der Waals surface area contributed by atoms with Crippen LogP contribution in [0.2, 0.25) is 0 Å². The van der Waals surface area contributed by atoms with Crippen LogP contribution in [0.5, 0.6) is 0 Å². The fourth-order valence-electron chi connectivity index (χ4n) is 2.55. The summed E-state index contributed by atoms with van der Waals surface area (Å²) in [7, 11) is 0. The molecule has 0 aliphatic rings. The number of fused-ring (bicyclic) bond motifs is 1. The molecule has 0 bridgehead atoms. The zero-order valence-corrected chi connectivity index (χ0v) is 17.3. The molecule has 1 unspecified atom stereocenters. The Balaban J connectivity index is 2.19. The van der Waals surface area contributed by atoms with Gasteiger partial charge < -0.3 is 10.1 Å². The Kier molecular flexibility index (Phi) is 8.31. The Morgan fingerprint density at radius 2 is 2.04 bits per heavy atom. The molecule has 1 amide bonds. The number of thioether (sulfide) groups is 1. The lowest BCUT2D eigenvalue weighted by Gasteiger charge is -2.15. The van der Waals surface area contributed by atoms with Crippen molar-refractivity contribution in [1.29, 1.82) is 0 Å². The molecule has 0 radical (unpaired) electrons. The van der Waals surface area contributed by atoms with Gasteiger partial charge in [0.15, 0.2) is 5.16 Å². The van der Waals surface area contributed by atoms with E-state index < -0.39 is 0 Å². The standard InChI is InChI=1S/C20H29N3O3S/c1-5-15(4)21-18(24)13-27-20-22-17-10-7-6-9-16(17)19(25)23(20)11-8-12-26-14(2)3/h6-7,9-10,14-15H,5,8,11-13H2,1-4H3,(H,21,24). The van der Waals surface area contributed by atoms with Gasteiger partial charge >= 0.3 is 0 Å². The van der Waals surface area contributed by atoms with Crippen LogP contribution < -0.4 is 10.9 Å². The van der Waals surface area contributed by atoms with E-state index in [4.69, 9.17) is 4.74 Å². The van der Waals surface area contributed by atoms with Crippen LogP contribution in [0.1, 0.15) is 40.5 Å². The summed E-state index contributed by atoms with van der Waals surface area (Å²) in [5.41, 5.74) is 0.581. The second kappa shape index (κ2) is 10.5. The molecule has 0 saturated heterocycles. The average Bonchev–Trinajstić information content (AvgIpc) is 2.64. The molecular weight excluding hydrogens is 362 g/mol. The molecule has 2 aromatic rings. The van der Waals surface area contributed by atoms with E-state index in [9.17, 15) is 9.59 Å². The zero-order chi connectivity index (χ0) is 19.8. The van der Waals surface area contributed by atoms with E-state index in [1.807, 2.05) is 45.9 Å². The number of amides is 1. The number of para-hydroxylation sites is 1. The number of carbonyl (C=O) groups excluding carboxylic acids is 1. The molecule has 1 atom stereocenters. The fraction of sp³-hybridized carbons (Fsp3) is 0.550. The molecule has 0 aliphatic carbocycles. The van der Waals surface area contributed by atoms with Crippen molar-refractivity contribution in [3.8, 4) is 0 Å². The lowest BCUT2D eigenvalue weighted by atomic mass is 10.2. The molecule has 148 valence electrons. The van der Waals surface area contributed by atoms with Crippen molar-refractivity contribution in [1.82, 2.24) is 14.9 Å². The summed E-state index contributed by atoms with van der Waals surface area (Å²) < 4.78 is 7.24. The Morgan fingerprint density at radius 3 is 2.74 bits per heavy atom. The van der Waals surface area contributed by atoms with E-state index in [1.54, 1.807) is 10.6 Å². The summed E-state index contributed by atoms with van der Waals surface area (Å²) in [6.07, 6.45) is 1.75. The zero-order valence-electron chi connectivity index (χ0n) is 16.5. The van der Waals surface area contributed by atoms with Crippen LogP contribution in [-0.4, -0.2) is 40.0 Å². The number of hydrogen-bond acceptors (Lipinski definition) is 5. The first kappa shape index (κ1) is 21.4. The molecule has 1 heterocycles. The van der Waals surface area contributed by atoms with Gasteiger partial charge in [0.25, 0.3) is 5.56 Å². The van der Waals surface area contributed by atoms with Crippen molar-refractivity contribution in [3.05, 3.63) is 34.6 Å². The Bertz CT molecular complexity index is 820. The maximum atomic E-state index is 12.9. The summed E-state index contributed by atoms with van der Waals surface area (Å²) in [6, 6.07) is 7.45. The molecule has 0 fully saturated rings. The topological polar surface area (TPSA) is 73.2 Å². The lowest BCUT2D eigenvalue weighted by Crippen LogP contribution is -2.33. The molecule has 0 spiro atoms. The second-order valence-corrected chi connectivity index (χ2v) is 7.75. The van der Waals surface area contributed by atoms with E-state index in [1.165, 1.54) is 11.8 Å². The van der Waals surface area contributed by atoms with Gasteiger partial charge in [-0.05, 0) is 45.7 Å². The minimum Gasteiger partial charge on any atom is -0.379 e. The predicted octanol–water partition coefficient (Wildman–Crippen LogP) is 3.22. The van der Waals surface area contributed by atoms with Gasteiger partial charge in [0, 0.05) is 19.2 Å². The van der Waals surface area contributed by atoms with E-state index >= 15 is 0 Å². The van der Waals surface area contributed by atoms with Gasteiger partial charge in [0.05, 0.1) is 22.8 Å². The normalized spacial score (nSPS) is 12.5. The average molecular weight is 392 g/mol. The third kappa shape index (κ3) is 6.36. The number of rotatable bonds is 10. The molecule has 0 saturated carbocycles. The van der Waals surface area contributed by atoms with Gasteiger partial charge in [-0.1, -0.05) is 30.8 Å². The summed E-state index contributed by atoms with van der Waals surface area (Å²) in [5, 5.41) is 4.11. The third-order valence-electron chi connectivity index (χ3n) is 4.16. The second-order valence-electron chi connectivity index (χ2n) is 6.81. The molecule has 27 heavy (non-hydrogen) atoms. The van der Waals surface area contributed by atoms with Crippen LogP contribution in [0.25, 0.3) is 10.9 Å². The van der Waals surface area contributed by atoms with Gasteiger partial charge in [-0.2, -0.15) is 0 Å². The van der Waals surface area contributed by atoms with Crippen LogP contribution in [0.4, 0.5) is 0 Å². The van der Waals surface area contributed by atoms with Crippen LogP contribution in [-0.2, 0) is 16.1 Å². The van der Waals surface area contributed by atoms with Crippen molar-refractivity contribution in [2.45, 2.75) is 64.4 Å². The smallest absolute Gasteiger partial charge is 0.262 e. The summed E-state index contributed by atoms with van der Waals surface area (Å²) >= 11 is 1.30. The predicted molar refractivity (Wildman–Crippen MR) is 110 cm³/mol. The minimum atomic E-state index is -0.0741. The number of aromatic nitrogens is 2. The number of nitrogens with zero attached hydrogens (tertiary/aromatic N) is 2. The molecule has 7 heteroatoms. The quantitative estimate of drug-likeness (QED) is 0.382. The number of ether oxygens (including phenoxy) is 1. The monoisotopic (exact) mass is 391 g/mol. The van der Waals surface area contributed by atoms with Gasteiger partial charge in [0.1, 0.15) is 0 Å². The van der Waals surface area contributed by atoms with Crippen LogP contribution in [0.3, 0.4) is 0 Å². The highest BCUT2D eigenvalue weighted by Gasteiger charge is 2.14. The highest BCUT2D eigenvalue weighted by Crippen LogP contribution is 2.18. The first-order chi connectivity index (χ1) is 12.9. The van der Waals surface area contributed by atoms with Gasteiger partial charge in [0.2, 0.25) is 5.91 Å². The van der Waals surface area contributed by atoms with Crippen LogP contribution >= 0.6 is 11.8 Å². The molecule has 0 aliphatic heterocycles. The Morgan fingerprint density at radius 1 is 1.30 bits per heavy atom. The number of benzene rings is 1.